The van der Waals surface area contributed by atoms with E-state index in [2.05, 4.69) is 64.4 Å². The van der Waals surface area contributed by atoms with Crippen molar-refractivity contribution in [3.63, 3.8) is 0 Å². The lowest BCUT2D eigenvalue weighted by molar-refractivity contribution is -0.860. The zero-order chi connectivity index (χ0) is 18.3. The number of benzene rings is 1. The molecule has 1 aromatic carbocycles. The van der Waals surface area contributed by atoms with Crippen LogP contribution in [0.4, 0.5) is 0 Å². The molecule has 0 unspecified atom stereocenters. The SMILES string of the molecule is Cc1ccc([C@@H](CC[NH2+]CCC[NH+](C)C)[C@H]2CCOC(C)(C)C2)cc1. The van der Waals surface area contributed by atoms with Crippen molar-refractivity contribution in [2.75, 3.05) is 40.3 Å². The summed E-state index contributed by atoms with van der Waals surface area (Å²) in [6.07, 6.45) is 4.96. The Kier molecular flexibility index (Phi) is 7.92. The number of hydrogen-bond acceptors (Lipinski definition) is 1. The number of rotatable bonds is 9. The predicted molar refractivity (Wildman–Crippen MR) is 105 cm³/mol. The van der Waals surface area contributed by atoms with E-state index in [1.165, 1.54) is 56.4 Å². The molecule has 1 aliphatic rings. The number of ether oxygens (including phenoxy) is 1. The summed E-state index contributed by atoms with van der Waals surface area (Å²) >= 11 is 0. The monoisotopic (exact) mass is 348 g/mol. The van der Waals surface area contributed by atoms with Crippen molar-refractivity contribution in [2.45, 2.75) is 58.0 Å². The van der Waals surface area contributed by atoms with Crippen LogP contribution in [-0.2, 0) is 4.74 Å². The molecular weight excluding hydrogens is 308 g/mol. The number of nitrogens with one attached hydrogen (secondary N) is 1. The summed E-state index contributed by atoms with van der Waals surface area (Å²) in [5.74, 6) is 1.41. The molecule has 1 fully saturated rings. The van der Waals surface area contributed by atoms with Crippen LogP contribution in [0.3, 0.4) is 0 Å². The van der Waals surface area contributed by atoms with Crippen LogP contribution < -0.4 is 10.2 Å². The third-order valence-corrected chi connectivity index (χ3v) is 5.58. The highest BCUT2D eigenvalue weighted by molar-refractivity contribution is 5.25. The van der Waals surface area contributed by atoms with Crippen LogP contribution in [-0.4, -0.2) is 45.9 Å². The molecule has 25 heavy (non-hydrogen) atoms. The Morgan fingerprint density at radius 1 is 1.20 bits per heavy atom. The third kappa shape index (κ3) is 7.08. The molecule has 0 aliphatic carbocycles. The summed E-state index contributed by atoms with van der Waals surface area (Å²) in [5.41, 5.74) is 2.91. The summed E-state index contributed by atoms with van der Waals surface area (Å²) in [5, 5.41) is 2.52. The Labute approximate surface area is 155 Å². The fraction of sp³-hybridized carbons (Fsp3) is 0.727. The van der Waals surface area contributed by atoms with Crippen LogP contribution in [0.25, 0.3) is 0 Å². The van der Waals surface area contributed by atoms with Gasteiger partial charge in [0.05, 0.1) is 39.3 Å². The highest BCUT2D eigenvalue weighted by Gasteiger charge is 2.34. The van der Waals surface area contributed by atoms with Crippen molar-refractivity contribution in [3.8, 4) is 0 Å². The maximum Gasteiger partial charge on any atom is 0.0821 e. The van der Waals surface area contributed by atoms with Gasteiger partial charge in [0.15, 0.2) is 0 Å². The van der Waals surface area contributed by atoms with Crippen molar-refractivity contribution < 1.29 is 15.0 Å². The van der Waals surface area contributed by atoms with Crippen LogP contribution in [0.15, 0.2) is 24.3 Å². The average molecular weight is 349 g/mol. The van der Waals surface area contributed by atoms with E-state index in [4.69, 9.17) is 4.74 Å². The van der Waals surface area contributed by atoms with Crippen LogP contribution in [0.2, 0.25) is 0 Å². The minimum atomic E-state index is 0.0318. The Morgan fingerprint density at radius 2 is 1.92 bits per heavy atom. The van der Waals surface area contributed by atoms with Gasteiger partial charge in [-0.1, -0.05) is 29.8 Å². The maximum atomic E-state index is 5.97. The molecule has 0 radical (unpaired) electrons. The first-order valence-corrected chi connectivity index (χ1v) is 10.2. The van der Waals surface area contributed by atoms with E-state index in [1.54, 1.807) is 4.90 Å². The summed E-state index contributed by atoms with van der Waals surface area (Å²) in [4.78, 5) is 1.55. The van der Waals surface area contributed by atoms with E-state index in [1.807, 2.05) is 0 Å². The summed E-state index contributed by atoms with van der Waals surface area (Å²) < 4.78 is 5.97. The Balaban J connectivity index is 1.94. The molecular formula is C22H40N2O+2. The Hall–Kier alpha value is -0.900. The van der Waals surface area contributed by atoms with Gasteiger partial charge in [-0.3, -0.25) is 0 Å². The van der Waals surface area contributed by atoms with E-state index in [0.717, 1.165) is 12.5 Å². The molecule has 0 amide bonds. The summed E-state index contributed by atoms with van der Waals surface area (Å²) in [6.45, 7) is 11.4. The first-order valence-electron chi connectivity index (χ1n) is 10.2. The molecule has 1 heterocycles. The van der Waals surface area contributed by atoms with Crippen molar-refractivity contribution >= 4 is 0 Å². The van der Waals surface area contributed by atoms with Gasteiger partial charge in [-0.05, 0) is 51.0 Å². The fourth-order valence-corrected chi connectivity index (χ4v) is 4.15. The van der Waals surface area contributed by atoms with Crippen LogP contribution in [0.5, 0.6) is 0 Å². The van der Waals surface area contributed by atoms with Gasteiger partial charge in [-0.25, -0.2) is 0 Å². The van der Waals surface area contributed by atoms with Crippen molar-refractivity contribution in [2.24, 2.45) is 5.92 Å². The van der Waals surface area contributed by atoms with Gasteiger partial charge in [0.25, 0.3) is 0 Å². The predicted octanol–water partition coefficient (Wildman–Crippen LogP) is 1.77. The van der Waals surface area contributed by atoms with Gasteiger partial charge in [0, 0.05) is 19.4 Å². The van der Waals surface area contributed by atoms with Gasteiger partial charge >= 0.3 is 0 Å². The van der Waals surface area contributed by atoms with Gasteiger partial charge in [0.2, 0.25) is 0 Å². The largest absolute Gasteiger partial charge is 0.376 e. The molecule has 1 aromatic rings. The van der Waals surface area contributed by atoms with E-state index >= 15 is 0 Å². The number of hydrogen-bond donors (Lipinski definition) is 2. The fourth-order valence-electron chi connectivity index (χ4n) is 4.15. The standard InChI is InChI=1S/C22H38N2O/c1-18-7-9-19(10-8-18)21(11-14-23-13-6-15-24(4)5)20-12-16-25-22(2,3)17-20/h7-10,20-21,23H,6,11-17H2,1-5H3/p+2/t20-,21+/m0/s1. The minimum absolute atomic E-state index is 0.0318. The smallest absolute Gasteiger partial charge is 0.0821 e. The number of quaternary nitrogens is 2. The molecule has 0 aromatic heterocycles. The molecule has 3 heteroatoms. The zero-order valence-electron chi connectivity index (χ0n) is 17.1. The summed E-state index contributed by atoms with van der Waals surface area (Å²) in [7, 11) is 4.47. The molecule has 0 saturated carbocycles. The van der Waals surface area contributed by atoms with Crippen LogP contribution in [0, 0.1) is 12.8 Å². The topological polar surface area (TPSA) is 30.3 Å². The first kappa shape index (κ1) is 20.4. The average Bonchev–Trinajstić information content (AvgIpc) is 2.54. The Bertz CT molecular complexity index is 495. The van der Waals surface area contributed by atoms with Crippen molar-refractivity contribution in [1.82, 2.24) is 0 Å². The van der Waals surface area contributed by atoms with E-state index < -0.39 is 0 Å². The molecule has 3 nitrogen and oxygen atoms in total. The molecule has 2 rings (SSSR count). The van der Waals surface area contributed by atoms with Crippen LogP contribution >= 0.6 is 0 Å². The number of aryl methyl sites for hydroxylation is 1. The highest BCUT2D eigenvalue weighted by Crippen LogP contribution is 2.39. The number of nitrogens with two attached hydrogens (primary N) is 1. The molecule has 0 spiro atoms. The van der Waals surface area contributed by atoms with Gasteiger partial charge in [-0.15, -0.1) is 0 Å². The minimum Gasteiger partial charge on any atom is -0.376 e. The van der Waals surface area contributed by atoms with E-state index in [-0.39, 0.29) is 5.60 Å². The molecule has 2 atom stereocenters. The first-order chi connectivity index (χ1) is 11.9. The normalized spacial score (nSPS) is 21.4. The molecule has 3 N–H and O–H groups in total. The molecule has 0 bridgehead atoms. The second-order valence-electron chi connectivity index (χ2n) is 8.84. The zero-order valence-corrected chi connectivity index (χ0v) is 17.1. The summed E-state index contributed by atoms with van der Waals surface area (Å²) in [6, 6.07) is 9.27. The molecule has 1 aliphatic heterocycles. The third-order valence-electron chi connectivity index (χ3n) is 5.58. The Morgan fingerprint density at radius 3 is 2.56 bits per heavy atom. The van der Waals surface area contributed by atoms with E-state index in [9.17, 15) is 0 Å². The van der Waals surface area contributed by atoms with Gasteiger partial charge < -0.3 is 15.0 Å². The highest BCUT2D eigenvalue weighted by atomic mass is 16.5. The quantitative estimate of drug-likeness (QED) is 0.655. The van der Waals surface area contributed by atoms with E-state index in [0.29, 0.717) is 5.92 Å². The van der Waals surface area contributed by atoms with Crippen molar-refractivity contribution in [1.29, 1.82) is 0 Å². The second-order valence-corrected chi connectivity index (χ2v) is 8.84. The lowest BCUT2D eigenvalue weighted by Crippen LogP contribution is -3.06. The van der Waals surface area contributed by atoms with Gasteiger partial charge in [0.1, 0.15) is 0 Å². The van der Waals surface area contributed by atoms with Crippen LogP contribution in [0.1, 0.15) is 56.6 Å². The molecule has 1 saturated heterocycles. The lowest BCUT2D eigenvalue weighted by Gasteiger charge is -2.39. The second kappa shape index (κ2) is 9.70. The van der Waals surface area contributed by atoms with Crippen molar-refractivity contribution in [3.05, 3.63) is 35.4 Å². The lowest BCUT2D eigenvalue weighted by atomic mass is 9.75. The molecule has 142 valence electrons. The van der Waals surface area contributed by atoms with Gasteiger partial charge in [-0.2, -0.15) is 0 Å². The maximum absolute atomic E-state index is 5.97.